The molecule has 96 valence electrons. The second-order valence-electron chi connectivity index (χ2n) is 4.92. The van der Waals surface area contributed by atoms with Crippen molar-refractivity contribution in [1.82, 2.24) is 9.88 Å². The maximum atomic E-state index is 11.9. The zero-order chi connectivity index (χ0) is 13.3. The van der Waals surface area contributed by atoms with Gasteiger partial charge in [0.15, 0.2) is 0 Å². The van der Waals surface area contributed by atoms with E-state index in [1.54, 1.807) is 4.90 Å². The Labute approximate surface area is 106 Å². The number of amides is 1. The Morgan fingerprint density at radius 1 is 1.50 bits per heavy atom. The van der Waals surface area contributed by atoms with Crippen molar-refractivity contribution in [3.63, 3.8) is 0 Å². The first kappa shape index (κ1) is 12.6. The van der Waals surface area contributed by atoms with E-state index in [2.05, 4.69) is 11.6 Å². The SMILES string of the molecule is C=CC1CC(=O)N(Cc2c(C)cc(C)[nH]c2=O)C1. The van der Waals surface area contributed by atoms with Gasteiger partial charge < -0.3 is 9.88 Å². The van der Waals surface area contributed by atoms with E-state index in [1.165, 1.54) is 0 Å². The second kappa shape index (κ2) is 4.80. The third-order valence-electron chi connectivity index (χ3n) is 3.42. The van der Waals surface area contributed by atoms with Crippen LogP contribution in [0.5, 0.6) is 0 Å². The molecule has 1 aliphatic heterocycles. The molecule has 2 rings (SSSR count). The molecule has 4 heteroatoms. The van der Waals surface area contributed by atoms with Crippen molar-refractivity contribution in [2.45, 2.75) is 26.8 Å². The lowest BCUT2D eigenvalue weighted by Gasteiger charge is -2.17. The molecule has 0 spiro atoms. The Hall–Kier alpha value is -1.84. The molecule has 4 nitrogen and oxygen atoms in total. The zero-order valence-electron chi connectivity index (χ0n) is 10.8. The Morgan fingerprint density at radius 3 is 2.78 bits per heavy atom. The normalized spacial score (nSPS) is 19.3. The molecule has 0 aliphatic carbocycles. The van der Waals surface area contributed by atoms with Crippen LogP contribution in [0.3, 0.4) is 0 Å². The molecule has 1 atom stereocenters. The summed E-state index contributed by atoms with van der Waals surface area (Å²) >= 11 is 0. The second-order valence-corrected chi connectivity index (χ2v) is 4.92. The van der Waals surface area contributed by atoms with Crippen molar-refractivity contribution in [2.75, 3.05) is 6.54 Å². The maximum Gasteiger partial charge on any atom is 0.253 e. The van der Waals surface area contributed by atoms with E-state index in [-0.39, 0.29) is 17.4 Å². The van der Waals surface area contributed by atoms with Gasteiger partial charge in [-0.3, -0.25) is 9.59 Å². The molecule has 2 heterocycles. The van der Waals surface area contributed by atoms with Crippen molar-refractivity contribution in [3.05, 3.63) is 45.9 Å². The Morgan fingerprint density at radius 2 is 2.22 bits per heavy atom. The molecule has 1 N–H and O–H groups in total. The molecule has 1 aromatic heterocycles. The van der Waals surface area contributed by atoms with Crippen LogP contribution < -0.4 is 5.56 Å². The van der Waals surface area contributed by atoms with Gasteiger partial charge >= 0.3 is 0 Å². The minimum atomic E-state index is -0.0950. The van der Waals surface area contributed by atoms with E-state index in [0.717, 1.165) is 11.3 Å². The van der Waals surface area contributed by atoms with Crippen LogP contribution in [0.4, 0.5) is 0 Å². The Balaban J connectivity index is 2.23. The Bertz CT molecular complexity index is 545. The molecular weight excluding hydrogens is 228 g/mol. The van der Waals surface area contributed by atoms with Crippen molar-refractivity contribution in [3.8, 4) is 0 Å². The smallest absolute Gasteiger partial charge is 0.253 e. The van der Waals surface area contributed by atoms with Crippen molar-refractivity contribution in [2.24, 2.45) is 5.92 Å². The molecular formula is C14H18N2O2. The average Bonchev–Trinajstić information content (AvgIpc) is 2.64. The first-order chi connectivity index (χ1) is 8.51. The molecule has 18 heavy (non-hydrogen) atoms. The molecule has 1 saturated heterocycles. The quantitative estimate of drug-likeness (QED) is 0.822. The van der Waals surface area contributed by atoms with Gasteiger partial charge in [-0.1, -0.05) is 6.08 Å². The summed E-state index contributed by atoms with van der Waals surface area (Å²) in [5.41, 5.74) is 2.37. The fourth-order valence-corrected chi connectivity index (χ4v) is 2.38. The maximum absolute atomic E-state index is 11.9. The average molecular weight is 246 g/mol. The lowest BCUT2D eigenvalue weighted by Crippen LogP contribution is -2.29. The number of carbonyl (C=O) groups excluding carboxylic acids is 1. The summed E-state index contributed by atoms with van der Waals surface area (Å²) in [6.45, 7) is 8.53. The van der Waals surface area contributed by atoms with E-state index in [4.69, 9.17) is 0 Å². The van der Waals surface area contributed by atoms with Crippen LogP contribution in [-0.2, 0) is 11.3 Å². The number of carbonyl (C=O) groups is 1. The van der Waals surface area contributed by atoms with E-state index < -0.39 is 0 Å². The van der Waals surface area contributed by atoms with Gasteiger partial charge in [-0.25, -0.2) is 0 Å². The number of aromatic amines is 1. The van der Waals surface area contributed by atoms with Crippen LogP contribution in [0, 0.1) is 19.8 Å². The van der Waals surface area contributed by atoms with Gasteiger partial charge in [0.2, 0.25) is 5.91 Å². The topological polar surface area (TPSA) is 53.2 Å². The number of aryl methyl sites for hydroxylation is 2. The molecule has 1 unspecified atom stereocenters. The summed E-state index contributed by atoms with van der Waals surface area (Å²) in [4.78, 5) is 28.2. The van der Waals surface area contributed by atoms with E-state index >= 15 is 0 Å². The van der Waals surface area contributed by atoms with Gasteiger partial charge in [-0.2, -0.15) is 0 Å². The predicted molar refractivity (Wildman–Crippen MR) is 70.3 cm³/mol. The number of aromatic nitrogens is 1. The van der Waals surface area contributed by atoms with Crippen LogP contribution in [0.15, 0.2) is 23.5 Å². The fourth-order valence-electron chi connectivity index (χ4n) is 2.38. The number of likely N-dealkylation sites (tertiary alicyclic amines) is 1. The third-order valence-corrected chi connectivity index (χ3v) is 3.42. The van der Waals surface area contributed by atoms with Crippen molar-refractivity contribution >= 4 is 5.91 Å². The summed E-state index contributed by atoms with van der Waals surface area (Å²) in [6.07, 6.45) is 2.32. The highest BCUT2D eigenvalue weighted by Crippen LogP contribution is 2.20. The van der Waals surface area contributed by atoms with Gasteiger partial charge in [0, 0.05) is 30.1 Å². The van der Waals surface area contributed by atoms with Crippen LogP contribution in [-0.4, -0.2) is 22.3 Å². The minimum Gasteiger partial charge on any atom is -0.338 e. The van der Waals surface area contributed by atoms with Crippen molar-refractivity contribution < 1.29 is 4.79 Å². The summed E-state index contributed by atoms with van der Waals surface area (Å²) in [5, 5.41) is 0. The molecule has 1 aromatic rings. The number of rotatable bonds is 3. The number of hydrogen-bond acceptors (Lipinski definition) is 2. The number of H-pyrrole nitrogens is 1. The van der Waals surface area contributed by atoms with Crippen LogP contribution in [0.25, 0.3) is 0 Å². The number of nitrogens with one attached hydrogen (secondary N) is 1. The summed E-state index contributed by atoms with van der Waals surface area (Å²) < 4.78 is 0. The molecule has 0 aromatic carbocycles. The fraction of sp³-hybridized carbons (Fsp3) is 0.429. The highest BCUT2D eigenvalue weighted by atomic mass is 16.2. The monoisotopic (exact) mass is 246 g/mol. The molecule has 0 bridgehead atoms. The molecule has 1 amide bonds. The number of nitrogens with zero attached hydrogens (tertiary/aromatic N) is 1. The van der Waals surface area contributed by atoms with Gasteiger partial charge in [-0.15, -0.1) is 6.58 Å². The van der Waals surface area contributed by atoms with Gasteiger partial charge in [0.05, 0.1) is 6.54 Å². The lowest BCUT2D eigenvalue weighted by molar-refractivity contribution is -0.128. The van der Waals surface area contributed by atoms with E-state index in [1.807, 2.05) is 26.0 Å². The number of hydrogen-bond donors (Lipinski definition) is 1. The van der Waals surface area contributed by atoms with Crippen molar-refractivity contribution in [1.29, 1.82) is 0 Å². The highest BCUT2D eigenvalue weighted by Gasteiger charge is 2.28. The summed E-state index contributed by atoms with van der Waals surface area (Å²) in [6, 6.07) is 1.93. The number of pyridine rings is 1. The first-order valence-corrected chi connectivity index (χ1v) is 6.11. The van der Waals surface area contributed by atoms with Crippen LogP contribution >= 0.6 is 0 Å². The predicted octanol–water partition coefficient (Wildman–Crippen LogP) is 1.53. The first-order valence-electron chi connectivity index (χ1n) is 6.11. The standard InChI is InChI=1S/C14H18N2O2/c1-4-11-6-13(17)16(7-11)8-12-9(2)5-10(3)15-14(12)18/h4-5,11H,1,6-8H2,2-3H3,(H,15,18). The zero-order valence-corrected chi connectivity index (χ0v) is 10.8. The molecule has 1 fully saturated rings. The molecule has 0 radical (unpaired) electrons. The summed E-state index contributed by atoms with van der Waals surface area (Å²) in [5.74, 6) is 0.307. The van der Waals surface area contributed by atoms with Crippen LogP contribution in [0.2, 0.25) is 0 Å². The Kier molecular flexibility index (Phi) is 3.36. The van der Waals surface area contributed by atoms with Gasteiger partial charge in [0.25, 0.3) is 5.56 Å². The highest BCUT2D eigenvalue weighted by molar-refractivity contribution is 5.79. The summed E-state index contributed by atoms with van der Waals surface area (Å²) in [7, 11) is 0. The third kappa shape index (κ3) is 2.37. The van der Waals surface area contributed by atoms with Gasteiger partial charge in [-0.05, 0) is 25.5 Å². The minimum absolute atomic E-state index is 0.0950. The molecule has 1 aliphatic rings. The largest absolute Gasteiger partial charge is 0.338 e. The van der Waals surface area contributed by atoms with E-state index in [0.29, 0.717) is 25.1 Å². The van der Waals surface area contributed by atoms with E-state index in [9.17, 15) is 9.59 Å². The van der Waals surface area contributed by atoms with Crippen LogP contribution in [0.1, 0.15) is 23.2 Å². The lowest BCUT2D eigenvalue weighted by atomic mass is 10.1. The molecule has 0 saturated carbocycles. The van der Waals surface area contributed by atoms with Gasteiger partial charge in [0.1, 0.15) is 0 Å².